The monoisotopic (exact) mass is 585 g/mol. The van der Waals surface area contributed by atoms with Crippen molar-refractivity contribution in [2.45, 2.75) is 104 Å². The van der Waals surface area contributed by atoms with Gasteiger partial charge in [0.25, 0.3) is 0 Å². The third kappa shape index (κ3) is 9.08. The highest BCUT2D eigenvalue weighted by molar-refractivity contribution is 7.13. The molecule has 3 amide bonds. The van der Waals surface area contributed by atoms with Crippen molar-refractivity contribution >= 4 is 29.1 Å². The lowest BCUT2D eigenvalue weighted by atomic mass is 9.85. The van der Waals surface area contributed by atoms with E-state index in [1.807, 2.05) is 64.4 Å². The Labute approximate surface area is 248 Å². The molecule has 4 atom stereocenters. The van der Waals surface area contributed by atoms with Crippen molar-refractivity contribution < 1.29 is 19.5 Å². The lowest BCUT2D eigenvalue weighted by Crippen LogP contribution is -2.57. The molecule has 2 heterocycles. The number of aromatic nitrogens is 1. The number of hydrogen-bond donors (Lipinski definition) is 4. The number of carbonyl (C=O) groups is 3. The number of aliphatic hydroxyl groups is 1. The SMILES string of the molecule is Cc1ncsc1-c1ccc([C@H](C)NC(=O)[C@@H]2C[C@@H](O)CN2C(=O)[C@@H](NC(=O)CCCCNC(C)C)C(C)(C)C)cc1. The van der Waals surface area contributed by atoms with Crippen LogP contribution < -0.4 is 16.0 Å². The predicted octanol–water partition coefficient (Wildman–Crippen LogP) is 3.96. The maximum absolute atomic E-state index is 13.8. The number of rotatable bonds is 12. The number of hydrogen-bond acceptors (Lipinski definition) is 7. The lowest BCUT2D eigenvalue weighted by molar-refractivity contribution is -0.144. The molecule has 226 valence electrons. The van der Waals surface area contributed by atoms with Crippen molar-refractivity contribution in [3.63, 3.8) is 0 Å². The van der Waals surface area contributed by atoms with Crippen LogP contribution in [0.5, 0.6) is 0 Å². The fourth-order valence-electron chi connectivity index (χ4n) is 5.05. The van der Waals surface area contributed by atoms with Gasteiger partial charge in [0.1, 0.15) is 12.1 Å². The molecule has 0 unspecified atom stereocenters. The summed E-state index contributed by atoms with van der Waals surface area (Å²) in [7, 11) is 0. The van der Waals surface area contributed by atoms with Gasteiger partial charge in [-0.1, -0.05) is 58.9 Å². The fraction of sp³-hybridized carbons (Fsp3) is 0.613. The number of likely N-dealkylation sites (tertiary alicyclic amines) is 1. The summed E-state index contributed by atoms with van der Waals surface area (Å²) < 4.78 is 0. The van der Waals surface area contributed by atoms with Crippen molar-refractivity contribution in [2.24, 2.45) is 5.41 Å². The number of nitrogens with zero attached hydrogens (tertiary/aromatic N) is 2. The Hall–Kier alpha value is -2.82. The number of amides is 3. The average Bonchev–Trinajstić information content (AvgIpc) is 3.51. The molecule has 1 fully saturated rings. The molecule has 1 aliphatic rings. The van der Waals surface area contributed by atoms with Crippen molar-refractivity contribution in [2.75, 3.05) is 13.1 Å². The van der Waals surface area contributed by atoms with Gasteiger partial charge in [0.05, 0.1) is 28.2 Å². The Balaban J connectivity index is 1.64. The summed E-state index contributed by atoms with van der Waals surface area (Å²) >= 11 is 1.59. The lowest BCUT2D eigenvalue weighted by Gasteiger charge is -2.35. The maximum atomic E-state index is 13.8. The molecular formula is C31H47N5O4S. The van der Waals surface area contributed by atoms with Gasteiger partial charge in [0, 0.05) is 25.4 Å². The van der Waals surface area contributed by atoms with Crippen molar-refractivity contribution in [1.82, 2.24) is 25.8 Å². The van der Waals surface area contributed by atoms with Gasteiger partial charge in [-0.3, -0.25) is 14.4 Å². The first kappa shape index (κ1) is 32.7. The summed E-state index contributed by atoms with van der Waals surface area (Å²) in [6, 6.07) is 6.47. The van der Waals surface area contributed by atoms with E-state index in [4.69, 9.17) is 0 Å². The van der Waals surface area contributed by atoms with E-state index >= 15 is 0 Å². The van der Waals surface area contributed by atoms with Gasteiger partial charge in [-0.15, -0.1) is 11.3 Å². The van der Waals surface area contributed by atoms with Gasteiger partial charge in [-0.05, 0) is 49.8 Å². The average molecular weight is 586 g/mol. The highest BCUT2D eigenvalue weighted by Gasteiger charge is 2.44. The van der Waals surface area contributed by atoms with Crippen molar-refractivity contribution in [3.8, 4) is 10.4 Å². The molecular weight excluding hydrogens is 538 g/mol. The van der Waals surface area contributed by atoms with E-state index < -0.39 is 23.6 Å². The first-order valence-corrected chi connectivity index (χ1v) is 15.5. The van der Waals surface area contributed by atoms with Gasteiger partial charge < -0.3 is 26.0 Å². The zero-order chi connectivity index (χ0) is 30.3. The number of aryl methyl sites for hydroxylation is 1. The summed E-state index contributed by atoms with van der Waals surface area (Å²) in [6.45, 7) is 14.6. The molecule has 1 aromatic carbocycles. The van der Waals surface area contributed by atoms with Crippen LogP contribution in [0.1, 0.15) is 84.5 Å². The highest BCUT2D eigenvalue weighted by Crippen LogP contribution is 2.29. The minimum absolute atomic E-state index is 0.0531. The third-order valence-corrected chi connectivity index (χ3v) is 8.42. The molecule has 4 N–H and O–H groups in total. The van der Waals surface area contributed by atoms with Crippen LogP contribution in [-0.4, -0.2) is 70.0 Å². The van der Waals surface area contributed by atoms with Crippen LogP contribution in [0.3, 0.4) is 0 Å². The van der Waals surface area contributed by atoms with Gasteiger partial charge in [-0.2, -0.15) is 0 Å². The van der Waals surface area contributed by atoms with Crippen LogP contribution >= 0.6 is 11.3 Å². The molecule has 41 heavy (non-hydrogen) atoms. The number of nitrogens with one attached hydrogen (secondary N) is 3. The van der Waals surface area contributed by atoms with Gasteiger partial charge in [0.2, 0.25) is 17.7 Å². The molecule has 9 nitrogen and oxygen atoms in total. The molecule has 10 heteroatoms. The number of carbonyl (C=O) groups excluding carboxylic acids is 3. The molecule has 0 radical (unpaired) electrons. The summed E-state index contributed by atoms with van der Waals surface area (Å²) in [6.07, 6.45) is 1.25. The minimum atomic E-state index is -0.817. The molecule has 1 aliphatic heterocycles. The highest BCUT2D eigenvalue weighted by atomic mass is 32.1. The zero-order valence-corrected chi connectivity index (χ0v) is 26.3. The molecule has 3 rings (SSSR count). The maximum Gasteiger partial charge on any atom is 0.246 e. The number of benzene rings is 1. The van der Waals surface area contributed by atoms with Crippen LogP contribution in [0.25, 0.3) is 10.4 Å². The zero-order valence-electron chi connectivity index (χ0n) is 25.5. The quantitative estimate of drug-likeness (QED) is 0.280. The smallest absolute Gasteiger partial charge is 0.246 e. The predicted molar refractivity (Wildman–Crippen MR) is 163 cm³/mol. The number of β-amino-alcohol motifs (C(OH)–C–C–N with tert-alkyl or cyclic N) is 1. The number of aliphatic hydroxyl groups excluding tert-OH is 1. The summed E-state index contributed by atoms with van der Waals surface area (Å²) in [4.78, 5) is 46.8. The fourth-order valence-corrected chi connectivity index (χ4v) is 5.86. The van der Waals surface area contributed by atoms with E-state index in [0.29, 0.717) is 18.9 Å². The normalized spacial score (nSPS) is 18.8. The van der Waals surface area contributed by atoms with Crippen molar-refractivity contribution in [1.29, 1.82) is 0 Å². The molecule has 1 aromatic heterocycles. The summed E-state index contributed by atoms with van der Waals surface area (Å²) in [5.41, 5.74) is 4.24. The number of unbranched alkanes of at least 4 members (excludes halogenated alkanes) is 1. The molecule has 0 bridgehead atoms. The Bertz CT molecular complexity index is 1170. The first-order chi connectivity index (χ1) is 19.3. The third-order valence-electron chi connectivity index (χ3n) is 7.44. The second kappa shape index (κ2) is 14.4. The van der Waals surface area contributed by atoms with E-state index in [1.165, 1.54) is 4.90 Å². The van der Waals surface area contributed by atoms with E-state index in [2.05, 4.69) is 34.8 Å². The molecule has 2 aromatic rings. The molecule has 1 saturated heterocycles. The first-order valence-electron chi connectivity index (χ1n) is 14.6. The summed E-state index contributed by atoms with van der Waals surface area (Å²) in [5.74, 6) is -0.850. The van der Waals surface area contributed by atoms with Gasteiger partial charge in [0.15, 0.2) is 0 Å². The molecule has 0 saturated carbocycles. The second-order valence-electron chi connectivity index (χ2n) is 12.4. The largest absolute Gasteiger partial charge is 0.391 e. The topological polar surface area (TPSA) is 124 Å². The van der Waals surface area contributed by atoms with Gasteiger partial charge >= 0.3 is 0 Å². The Kier molecular flexibility index (Phi) is 11.5. The second-order valence-corrected chi connectivity index (χ2v) is 13.3. The number of thiazole rings is 1. The van der Waals surface area contributed by atoms with Crippen LogP contribution in [0, 0.1) is 12.3 Å². The van der Waals surface area contributed by atoms with E-state index in [1.54, 1.807) is 11.3 Å². The van der Waals surface area contributed by atoms with E-state index in [-0.39, 0.29) is 36.7 Å². The van der Waals surface area contributed by atoms with Gasteiger partial charge in [-0.25, -0.2) is 4.98 Å². The summed E-state index contributed by atoms with van der Waals surface area (Å²) in [5, 5.41) is 19.8. The molecule has 0 spiro atoms. The van der Waals surface area contributed by atoms with Crippen LogP contribution in [0.4, 0.5) is 0 Å². The Morgan fingerprint density at radius 3 is 2.37 bits per heavy atom. The van der Waals surface area contributed by atoms with Crippen molar-refractivity contribution in [3.05, 3.63) is 41.0 Å². The van der Waals surface area contributed by atoms with Crippen LogP contribution in [0.2, 0.25) is 0 Å². The van der Waals surface area contributed by atoms with E-state index in [9.17, 15) is 19.5 Å². The molecule has 0 aliphatic carbocycles. The minimum Gasteiger partial charge on any atom is -0.391 e. The van der Waals surface area contributed by atoms with Crippen LogP contribution in [0.15, 0.2) is 29.8 Å². The Morgan fingerprint density at radius 1 is 1.10 bits per heavy atom. The standard InChI is InChI=1S/C31H47N5O4S/c1-19(2)32-15-9-8-10-26(38)35-28(31(5,6)7)30(40)36-17-24(37)16-25(36)29(39)34-20(3)22-11-13-23(14-12-22)27-21(4)33-18-41-27/h11-14,18-20,24-25,28,32,37H,8-10,15-17H2,1-7H3,(H,34,39)(H,35,38)/t20-,24+,25-,28+/m0/s1. The Morgan fingerprint density at radius 2 is 1.78 bits per heavy atom. The van der Waals surface area contributed by atoms with Crippen LogP contribution in [-0.2, 0) is 14.4 Å². The van der Waals surface area contributed by atoms with E-state index in [0.717, 1.165) is 34.7 Å².